The molecule has 0 spiro atoms. The standard InChI is InChI=1S/C15H21FN2/c1-12(2)11-15(18-9-7-17-8-10-18)13-5-3-4-6-14(13)16/h3-6,15,17H,1,7-11H2,2H3/t15-/m1/s1. The molecule has 1 heterocycles. The van der Waals surface area contributed by atoms with Crippen LogP contribution in [0.25, 0.3) is 0 Å². The average molecular weight is 248 g/mol. The van der Waals surface area contributed by atoms with Gasteiger partial charge in [-0.2, -0.15) is 0 Å². The van der Waals surface area contributed by atoms with Gasteiger partial charge in [0.1, 0.15) is 5.82 Å². The smallest absolute Gasteiger partial charge is 0.127 e. The van der Waals surface area contributed by atoms with E-state index in [2.05, 4.69) is 16.8 Å². The number of nitrogens with zero attached hydrogens (tertiary/aromatic N) is 1. The summed E-state index contributed by atoms with van der Waals surface area (Å²) in [6, 6.07) is 7.21. The number of piperazine rings is 1. The predicted molar refractivity (Wildman–Crippen MR) is 73.0 cm³/mol. The van der Waals surface area contributed by atoms with E-state index in [-0.39, 0.29) is 11.9 Å². The Labute approximate surface area is 108 Å². The Morgan fingerprint density at radius 1 is 1.39 bits per heavy atom. The van der Waals surface area contributed by atoms with Gasteiger partial charge in [0.2, 0.25) is 0 Å². The Hall–Kier alpha value is -1.19. The Morgan fingerprint density at radius 2 is 2.06 bits per heavy atom. The van der Waals surface area contributed by atoms with Crippen molar-refractivity contribution in [1.82, 2.24) is 10.2 Å². The molecule has 1 fully saturated rings. The molecule has 0 amide bonds. The molecule has 0 saturated carbocycles. The molecule has 1 saturated heterocycles. The van der Waals surface area contributed by atoms with E-state index in [1.54, 1.807) is 12.1 Å². The van der Waals surface area contributed by atoms with Crippen LogP contribution in [0.15, 0.2) is 36.4 Å². The van der Waals surface area contributed by atoms with Crippen molar-refractivity contribution in [3.63, 3.8) is 0 Å². The van der Waals surface area contributed by atoms with E-state index in [1.165, 1.54) is 0 Å². The van der Waals surface area contributed by atoms with E-state index in [9.17, 15) is 4.39 Å². The molecule has 1 atom stereocenters. The number of halogens is 1. The summed E-state index contributed by atoms with van der Waals surface area (Å²) in [6.45, 7) is 9.87. The van der Waals surface area contributed by atoms with E-state index >= 15 is 0 Å². The molecule has 1 aliphatic heterocycles. The third-order valence-corrected chi connectivity index (χ3v) is 3.40. The van der Waals surface area contributed by atoms with Crippen molar-refractivity contribution in [2.24, 2.45) is 0 Å². The van der Waals surface area contributed by atoms with Gasteiger partial charge in [-0.15, -0.1) is 6.58 Å². The number of hydrogen-bond donors (Lipinski definition) is 1. The lowest BCUT2D eigenvalue weighted by atomic mass is 9.97. The van der Waals surface area contributed by atoms with Crippen molar-refractivity contribution in [1.29, 1.82) is 0 Å². The van der Waals surface area contributed by atoms with Gasteiger partial charge in [0.05, 0.1) is 0 Å². The van der Waals surface area contributed by atoms with Gasteiger partial charge in [0.25, 0.3) is 0 Å². The number of nitrogens with one attached hydrogen (secondary N) is 1. The maximum absolute atomic E-state index is 14.0. The SMILES string of the molecule is C=C(C)C[C@H](c1ccccc1F)N1CCNCC1. The summed E-state index contributed by atoms with van der Waals surface area (Å²) in [5.41, 5.74) is 1.89. The van der Waals surface area contributed by atoms with Crippen LogP contribution >= 0.6 is 0 Å². The van der Waals surface area contributed by atoms with Crippen molar-refractivity contribution < 1.29 is 4.39 Å². The minimum atomic E-state index is -0.109. The molecule has 0 aliphatic carbocycles. The minimum absolute atomic E-state index is 0.109. The molecule has 0 unspecified atom stereocenters. The van der Waals surface area contributed by atoms with Crippen molar-refractivity contribution in [2.45, 2.75) is 19.4 Å². The molecule has 0 radical (unpaired) electrons. The van der Waals surface area contributed by atoms with E-state index in [1.807, 2.05) is 19.1 Å². The van der Waals surface area contributed by atoms with Gasteiger partial charge >= 0.3 is 0 Å². The summed E-state index contributed by atoms with van der Waals surface area (Å²) in [5.74, 6) is -0.109. The van der Waals surface area contributed by atoms with Crippen molar-refractivity contribution in [3.05, 3.63) is 47.8 Å². The Morgan fingerprint density at radius 3 is 2.67 bits per heavy atom. The van der Waals surface area contributed by atoms with Crippen LogP contribution in [-0.4, -0.2) is 31.1 Å². The molecule has 1 N–H and O–H groups in total. The van der Waals surface area contributed by atoms with Gasteiger partial charge in [-0.05, 0) is 19.4 Å². The van der Waals surface area contributed by atoms with E-state index in [0.29, 0.717) is 0 Å². The Kier molecular flexibility index (Phi) is 4.50. The zero-order chi connectivity index (χ0) is 13.0. The zero-order valence-electron chi connectivity index (χ0n) is 11.0. The summed E-state index contributed by atoms with van der Waals surface area (Å²) in [7, 11) is 0. The molecule has 98 valence electrons. The van der Waals surface area contributed by atoms with Crippen LogP contribution in [0.3, 0.4) is 0 Å². The number of hydrogen-bond acceptors (Lipinski definition) is 2. The first-order valence-electron chi connectivity index (χ1n) is 6.52. The highest BCUT2D eigenvalue weighted by Crippen LogP contribution is 2.29. The van der Waals surface area contributed by atoms with E-state index in [0.717, 1.165) is 43.7 Å². The quantitative estimate of drug-likeness (QED) is 0.824. The first-order chi connectivity index (χ1) is 8.68. The highest BCUT2D eigenvalue weighted by atomic mass is 19.1. The van der Waals surface area contributed by atoms with Crippen LogP contribution in [0.1, 0.15) is 24.9 Å². The molecule has 1 aromatic carbocycles. The molecule has 0 bridgehead atoms. The van der Waals surface area contributed by atoms with Crippen LogP contribution in [0.2, 0.25) is 0 Å². The highest BCUT2D eigenvalue weighted by molar-refractivity contribution is 5.23. The zero-order valence-corrected chi connectivity index (χ0v) is 11.0. The number of rotatable bonds is 4. The summed E-state index contributed by atoms with van der Waals surface area (Å²) in [6.07, 6.45) is 0.820. The number of benzene rings is 1. The van der Waals surface area contributed by atoms with E-state index < -0.39 is 0 Å². The van der Waals surface area contributed by atoms with Crippen LogP contribution in [-0.2, 0) is 0 Å². The van der Waals surface area contributed by atoms with Crippen LogP contribution in [0.5, 0.6) is 0 Å². The second-order valence-electron chi connectivity index (χ2n) is 4.98. The van der Waals surface area contributed by atoms with Crippen LogP contribution < -0.4 is 5.32 Å². The lowest BCUT2D eigenvalue weighted by Crippen LogP contribution is -2.45. The summed E-state index contributed by atoms with van der Waals surface area (Å²) in [5, 5.41) is 3.33. The van der Waals surface area contributed by atoms with E-state index in [4.69, 9.17) is 0 Å². The molecule has 0 aromatic heterocycles. The lowest BCUT2D eigenvalue weighted by molar-refractivity contribution is 0.169. The molecular weight excluding hydrogens is 227 g/mol. The molecule has 2 nitrogen and oxygen atoms in total. The fourth-order valence-electron chi connectivity index (χ4n) is 2.50. The van der Waals surface area contributed by atoms with Gasteiger partial charge in [0.15, 0.2) is 0 Å². The summed E-state index contributed by atoms with van der Waals surface area (Å²) < 4.78 is 14.0. The third kappa shape index (κ3) is 3.18. The fraction of sp³-hybridized carbons (Fsp3) is 0.467. The largest absolute Gasteiger partial charge is 0.314 e. The monoisotopic (exact) mass is 248 g/mol. The van der Waals surface area contributed by atoms with Crippen LogP contribution in [0.4, 0.5) is 4.39 Å². The predicted octanol–water partition coefficient (Wildman–Crippen LogP) is 2.74. The third-order valence-electron chi connectivity index (χ3n) is 3.40. The second kappa shape index (κ2) is 6.12. The first kappa shape index (κ1) is 13.2. The molecule has 1 aromatic rings. The fourth-order valence-corrected chi connectivity index (χ4v) is 2.50. The first-order valence-corrected chi connectivity index (χ1v) is 6.52. The van der Waals surface area contributed by atoms with Crippen LogP contribution in [0, 0.1) is 5.82 Å². The minimum Gasteiger partial charge on any atom is -0.314 e. The maximum atomic E-state index is 14.0. The van der Waals surface area contributed by atoms with Crippen molar-refractivity contribution in [3.8, 4) is 0 Å². The van der Waals surface area contributed by atoms with Gasteiger partial charge < -0.3 is 5.32 Å². The summed E-state index contributed by atoms with van der Waals surface area (Å²) in [4.78, 5) is 2.35. The molecule has 2 rings (SSSR count). The summed E-state index contributed by atoms with van der Waals surface area (Å²) >= 11 is 0. The average Bonchev–Trinajstić information content (AvgIpc) is 2.38. The second-order valence-corrected chi connectivity index (χ2v) is 4.98. The van der Waals surface area contributed by atoms with Crippen molar-refractivity contribution in [2.75, 3.05) is 26.2 Å². The van der Waals surface area contributed by atoms with Gasteiger partial charge in [-0.3, -0.25) is 4.90 Å². The lowest BCUT2D eigenvalue weighted by Gasteiger charge is -2.35. The Balaban J connectivity index is 2.24. The molecule has 1 aliphatic rings. The Bertz CT molecular complexity index is 411. The van der Waals surface area contributed by atoms with Crippen molar-refractivity contribution >= 4 is 0 Å². The highest BCUT2D eigenvalue weighted by Gasteiger charge is 2.24. The van der Waals surface area contributed by atoms with Gasteiger partial charge in [-0.25, -0.2) is 4.39 Å². The van der Waals surface area contributed by atoms with Gasteiger partial charge in [0, 0.05) is 37.8 Å². The molecule has 3 heteroatoms. The molecule has 18 heavy (non-hydrogen) atoms. The normalized spacial score (nSPS) is 18.6. The van der Waals surface area contributed by atoms with Gasteiger partial charge in [-0.1, -0.05) is 23.8 Å². The topological polar surface area (TPSA) is 15.3 Å². The maximum Gasteiger partial charge on any atom is 0.127 e. The molecular formula is C15H21FN2.